The summed E-state index contributed by atoms with van der Waals surface area (Å²) < 4.78 is 4.84. The number of carboxylic acid groups (broad SMARTS) is 1. The van der Waals surface area contributed by atoms with Crippen molar-refractivity contribution in [2.75, 3.05) is 12.4 Å². The van der Waals surface area contributed by atoms with Crippen LogP contribution in [0.1, 0.15) is 11.8 Å². The first-order chi connectivity index (χ1) is 12.7. The number of halogens is 1. The normalized spacial score (nSPS) is 23.3. The van der Waals surface area contributed by atoms with Gasteiger partial charge in [0.2, 0.25) is 10.9 Å². The van der Waals surface area contributed by atoms with E-state index in [2.05, 4.69) is 5.32 Å². The summed E-state index contributed by atoms with van der Waals surface area (Å²) in [5.41, 5.74) is -0.128. The van der Waals surface area contributed by atoms with Crippen molar-refractivity contribution in [3.8, 4) is 0 Å². The van der Waals surface area contributed by atoms with Crippen LogP contribution < -0.4 is 40.0 Å². The first-order valence-corrected chi connectivity index (χ1v) is 10.1. The summed E-state index contributed by atoms with van der Waals surface area (Å²) in [5.74, 6) is -3.18. The summed E-state index contributed by atoms with van der Waals surface area (Å²) in [6.45, 7) is 0.932. The minimum atomic E-state index is -1.73. The Bertz CT molecular complexity index is 846. The molecule has 3 rings (SSSR count). The van der Waals surface area contributed by atoms with Crippen LogP contribution in [-0.2, 0) is 30.3 Å². The van der Waals surface area contributed by atoms with E-state index in [1.165, 1.54) is 30.0 Å². The minimum Gasteiger partial charge on any atom is -0.543 e. The van der Waals surface area contributed by atoms with Crippen molar-refractivity contribution in [2.24, 2.45) is 0 Å². The summed E-state index contributed by atoms with van der Waals surface area (Å²) >= 11 is 8.92. The second-order valence-corrected chi connectivity index (χ2v) is 8.57. The number of nitrogens with one attached hydrogen (secondary N) is 1. The molecule has 0 aromatic carbocycles. The molecule has 1 aromatic heterocycles. The first kappa shape index (κ1) is 23.2. The maximum absolute atomic E-state index is 12.6. The molecule has 0 radical (unpaired) electrons. The Kier molecular flexibility index (Phi) is 7.62. The number of β-lactam (4-membered cyclic amide) rings is 1. The topological polar surface area (TPSA) is 116 Å². The Balaban J connectivity index is 0.00000280. The van der Waals surface area contributed by atoms with Gasteiger partial charge in [-0.15, -0.1) is 23.1 Å². The third-order valence-electron chi connectivity index (χ3n) is 3.98. The zero-order chi connectivity index (χ0) is 19.8. The molecule has 0 saturated carbocycles. The van der Waals surface area contributed by atoms with Crippen molar-refractivity contribution in [2.45, 2.75) is 23.7 Å². The first-order valence-electron chi connectivity index (χ1n) is 7.78. The van der Waals surface area contributed by atoms with Crippen LogP contribution in [0.25, 0.3) is 0 Å². The van der Waals surface area contributed by atoms with Crippen molar-refractivity contribution >= 4 is 58.5 Å². The van der Waals surface area contributed by atoms with E-state index in [-0.39, 0.29) is 59.6 Å². The molecule has 28 heavy (non-hydrogen) atoms. The van der Waals surface area contributed by atoms with Crippen LogP contribution in [0.2, 0.25) is 0 Å². The molecule has 144 valence electrons. The average molecular weight is 453 g/mol. The third kappa shape index (κ3) is 4.42. The zero-order valence-electron chi connectivity index (χ0n) is 15.0. The molecule has 3 heterocycles. The third-order valence-corrected chi connectivity index (χ3v) is 6.84. The predicted molar refractivity (Wildman–Crippen MR) is 96.5 cm³/mol. The van der Waals surface area contributed by atoms with Crippen molar-refractivity contribution in [1.82, 2.24) is 10.2 Å². The number of amides is 2. The molecule has 0 bridgehead atoms. The van der Waals surface area contributed by atoms with Gasteiger partial charge in [-0.25, -0.2) is 0 Å². The van der Waals surface area contributed by atoms with Crippen LogP contribution in [0.4, 0.5) is 0 Å². The van der Waals surface area contributed by atoms with Gasteiger partial charge < -0.3 is 20.0 Å². The molecule has 8 nitrogen and oxygen atoms in total. The number of alkyl halides is 1. The second kappa shape index (κ2) is 9.19. The van der Waals surface area contributed by atoms with Gasteiger partial charge in [0.15, 0.2) is 0 Å². The van der Waals surface area contributed by atoms with E-state index in [1.54, 1.807) is 12.1 Å². The van der Waals surface area contributed by atoms with Crippen LogP contribution in [0.3, 0.4) is 0 Å². The number of fused-ring (bicyclic) bond motifs is 1. The van der Waals surface area contributed by atoms with Crippen LogP contribution in [-0.4, -0.2) is 51.4 Å². The second-order valence-electron chi connectivity index (χ2n) is 5.87. The number of esters is 1. The Morgan fingerprint density at radius 3 is 2.75 bits per heavy atom. The summed E-state index contributed by atoms with van der Waals surface area (Å²) in [6, 6.07) is 3.59. The van der Waals surface area contributed by atoms with Gasteiger partial charge in [0.25, 0.3) is 5.91 Å². The molecule has 2 aliphatic heterocycles. The van der Waals surface area contributed by atoms with Gasteiger partial charge in [-0.2, -0.15) is 0 Å². The number of hydrogen-bond acceptors (Lipinski definition) is 8. The molecule has 1 fully saturated rings. The zero-order valence-corrected chi connectivity index (χ0v) is 19.4. The van der Waals surface area contributed by atoms with E-state index < -0.39 is 34.1 Å². The van der Waals surface area contributed by atoms with E-state index in [0.29, 0.717) is 0 Å². The quantitative estimate of drug-likeness (QED) is 0.159. The molecule has 2 aliphatic rings. The van der Waals surface area contributed by atoms with E-state index in [9.17, 15) is 24.3 Å². The molecule has 2 atom stereocenters. The van der Waals surface area contributed by atoms with Gasteiger partial charge in [-0.1, -0.05) is 17.7 Å². The average Bonchev–Trinajstić information content (AvgIpc) is 3.11. The van der Waals surface area contributed by atoms with Gasteiger partial charge in [-0.05, 0) is 11.4 Å². The number of rotatable bonds is 6. The van der Waals surface area contributed by atoms with Crippen LogP contribution in [0.5, 0.6) is 0 Å². The fourth-order valence-electron chi connectivity index (χ4n) is 2.80. The number of carbonyl (C=O) groups excluding carboxylic acids is 4. The monoisotopic (exact) mass is 452 g/mol. The summed E-state index contributed by atoms with van der Waals surface area (Å²) in [5, 5.41) is 15.1. The van der Waals surface area contributed by atoms with E-state index >= 15 is 0 Å². The Hall–Kier alpha value is -1.04. The maximum Gasteiger partial charge on any atom is 1.00 e. The number of ether oxygens (including phenoxy) is 1. The van der Waals surface area contributed by atoms with Crippen LogP contribution >= 0.6 is 34.7 Å². The largest absolute Gasteiger partial charge is 1.00 e. The van der Waals surface area contributed by atoms with Crippen molar-refractivity contribution in [1.29, 1.82) is 0 Å². The van der Waals surface area contributed by atoms with Gasteiger partial charge in [0.1, 0.15) is 12.0 Å². The van der Waals surface area contributed by atoms with E-state index in [0.717, 1.165) is 9.78 Å². The molecular weight excluding hydrogens is 439 g/mol. The summed E-state index contributed by atoms with van der Waals surface area (Å²) in [7, 11) is 0. The number of thiophene rings is 1. The molecule has 1 aromatic rings. The smallest absolute Gasteiger partial charge is 0.543 e. The van der Waals surface area contributed by atoms with Crippen molar-refractivity contribution < 1.29 is 58.6 Å². The predicted octanol–water partition coefficient (Wildman–Crippen LogP) is -3.17. The van der Waals surface area contributed by atoms with E-state index in [4.69, 9.17) is 16.3 Å². The standard InChI is InChI=1S/C16H15ClN2O6S2.Na/c1-8(20)25-6-9-7-27-15-16(17,14(24)19(15)12(9)13(22)23)18-11(21)5-10-3-2-4-26-10;/h2-4,15H,5-7H2,1H3,(H,18,21)(H,22,23);/q;+1/p-1/t15-,16-;/m1./s1. The molecule has 2 amide bonds. The van der Waals surface area contributed by atoms with Gasteiger partial charge in [-0.3, -0.25) is 19.3 Å². The number of thioether (sulfide) groups is 1. The minimum absolute atomic E-state index is 0. The fourth-order valence-corrected chi connectivity index (χ4v) is 5.31. The number of carbonyl (C=O) groups is 4. The molecule has 1 N–H and O–H groups in total. The Labute approximate surface area is 195 Å². The molecule has 1 saturated heterocycles. The van der Waals surface area contributed by atoms with Crippen molar-refractivity contribution in [3.63, 3.8) is 0 Å². The molecular formula is C16H14ClN2NaO6S2. The Morgan fingerprint density at radius 1 is 1.46 bits per heavy atom. The molecule has 12 heteroatoms. The number of hydrogen-bond donors (Lipinski definition) is 1. The number of nitrogens with zero attached hydrogens (tertiary/aromatic N) is 1. The van der Waals surface area contributed by atoms with Gasteiger partial charge >= 0.3 is 35.5 Å². The van der Waals surface area contributed by atoms with Gasteiger partial charge in [0, 0.05) is 23.1 Å². The number of carboxylic acids is 1. The SMILES string of the molecule is CC(=O)OCC1=C(C(=O)[O-])N2C(=O)[C@@](Cl)(NC(=O)Cc3cccs3)[C@H]2SC1.[Na+]. The molecule has 0 spiro atoms. The molecule has 0 aliphatic carbocycles. The molecule has 0 unspecified atom stereocenters. The fraction of sp³-hybridized carbons (Fsp3) is 0.375. The summed E-state index contributed by atoms with van der Waals surface area (Å²) in [6.07, 6.45) is 0.0672. The van der Waals surface area contributed by atoms with Crippen LogP contribution in [0.15, 0.2) is 28.8 Å². The van der Waals surface area contributed by atoms with Crippen molar-refractivity contribution in [3.05, 3.63) is 33.7 Å². The maximum atomic E-state index is 12.6. The van der Waals surface area contributed by atoms with Gasteiger partial charge in [0.05, 0.1) is 18.1 Å². The van der Waals surface area contributed by atoms with Crippen LogP contribution in [0, 0.1) is 0 Å². The van der Waals surface area contributed by atoms with E-state index in [1.807, 2.05) is 5.38 Å². The number of aliphatic carboxylic acids is 1. The Morgan fingerprint density at radius 2 is 2.18 bits per heavy atom. The summed E-state index contributed by atoms with van der Waals surface area (Å²) in [4.78, 5) is 47.4.